The summed E-state index contributed by atoms with van der Waals surface area (Å²) in [6, 6.07) is 13.8. The van der Waals surface area contributed by atoms with Gasteiger partial charge in [-0.2, -0.15) is 0 Å². The Morgan fingerprint density at radius 2 is 1.95 bits per heavy atom. The number of nitrogens with one attached hydrogen (secondary N) is 2. The predicted molar refractivity (Wildman–Crippen MR) is 77.3 cm³/mol. The molecule has 4 heteroatoms. The van der Waals surface area contributed by atoms with E-state index >= 15 is 0 Å². The number of hydrogen-bond donors (Lipinski definition) is 2. The second-order valence-electron chi connectivity index (χ2n) is 4.92. The maximum Gasteiger partial charge on any atom is 0.225 e. The molecule has 2 N–H and O–H groups in total. The molecule has 0 bridgehead atoms. The van der Waals surface area contributed by atoms with E-state index in [0.717, 1.165) is 12.2 Å². The van der Waals surface area contributed by atoms with Gasteiger partial charge >= 0.3 is 0 Å². The minimum Gasteiger partial charge on any atom is -0.384 e. The summed E-state index contributed by atoms with van der Waals surface area (Å²) >= 11 is 0. The van der Waals surface area contributed by atoms with Crippen LogP contribution in [0.25, 0.3) is 0 Å². The fourth-order valence-electron chi connectivity index (χ4n) is 2.51. The zero-order valence-electron chi connectivity index (χ0n) is 10.9. The van der Waals surface area contributed by atoms with Crippen molar-refractivity contribution in [1.82, 2.24) is 0 Å². The Morgan fingerprint density at radius 1 is 1.20 bits per heavy atom. The van der Waals surface area contributed by atoms with Gasteiger partial charge in [-0.1, -0.05) is 18.2 Å². The summed E-state index contributed by atoms with van der Waals surface area (Å²) in [4.78, 5) is 12.0. The summed E-state index contributed by atoms with van der Waals surface area (Å²) in [7, 11) is 0. The molecule has 3 nitrogen and oxygen atoms in total. The average molecular weight is 270 g/mol. The molecule has 0 spiro atoms. The molecular weight excluding hydrogens is 255 g/mol. The molecule has 1 amide bonds. The van der Waals surface area contributed by atoms with Gasteiger partial charge in [-0.3, -0.25) is 4.79 Å². The molecule has 0 aromatic heterocycles. The maximum absolute atomic E-state index is 12.8. The van der Waals surface area contributed by atoms with Crippen LogP contribution in [0.5, 0.6) is 0 Å². The lowest BCUT2D eigenvalue weighted by Crippen LogP contribution is -2.16. The number of amides is 1. The van der Waals surface area contributed by atoms with Gasteiger partial charge in [-0.05, 0) is 35.9 Å². The molecule has 20 heavy (non-hydrogen) atoms. The molecule has 0 radical (unpaired) electrons. The standard InChI is InChI=1S/C16H15FN2O/c17-12-5-7-13(8-6-12)19-16(20)9-11-10-18-15-4-2-1-3-14(11)15/h1-8,11,18H,9-10H2,(H,19,20). The van der Waals surface area contributed by atoms with Gasteiger partial charge in [0.15, 0.2) is 0 Å². The highest BCUT2D eigenvalue weighted by atomic mass is 19.1. The zero-order chi connectivity index (χ0) is 13.9. The van der Waals surface area contributed by atoms with Gasteiger partial charge in [0, 0.05) is 30.3 Å². The quantitative estimate of drug-likeness (QED) is 0.898. The van der Waals surface area contributed by atoms with E-state index in [1.54, 1.807) is 12.1 Å². The normalized spacial score (nSPS) is 16.4. The van der Waals surface area contributed by atoms with E-state index in [2.05, 4.69) is 10.6 Å². The molecule has 2 aromatic rings. The minimum atomic E-state index is -0.308. The maximum atomic E-state index is 12.8. The number of para-hydroxylation sites is 1. The van der Waals surface area contributed by atoms with Gasteiger partial charge in [-0.25, -0.2) is 4.39 Å². The molecular formula is C16H15FN2O. The molecule has 1 heterocycles. The third-order valence-electron chi connectivity index (χ3n) is 3.50. The summed E-state index contributed by atoms with van der Waals surface area (Å²) in [6.07, 6.45) is 0.418. The molecule has 1 atom stereocenters. The number of fused-ring (bicyclic) bond motifs is 1. The Hall–Kier alpha value is -2.36. The van der Waals surface area contributed by atoms with E-state index in [4.69, 9.17) is 0 Å². The average Bonchev–Trinajstić information content (AvgIpc) is 2.85. The smallest absolute Gasteiger partial charge is 0.225 e. The number of carbonyl (C=O) groups is 1. The monoisotopic (exact) mass is 270 g/mol. The fourth-order valence-corrected chi connectivity index (χ4v) is 2.51. The number of carbonyl (C=O) groups excluding carboxylic acids is 1. The molecule has 0 saturated heterocycles. The molecule has 102 valence electrons. The molecule has 1 aliphatic rings. The van der Waals surface area contributed by atoms with Crippen molar-refractivity contribution in [1.29, 1.82) is 0 Å². The van der Waals surface area contributed by atoms with Crippen molar-refractivity contribution in [2.75, 3.05) is 17.2 Å². The zero-order valence-corrected chi connectivity index (χ0v) is 10.9. The van der Waals surface area contributed by atoms with Crippen molar-refractivity contribution in [2.45, 2.75) is 12.3 Å². The van der Waals surface area contributed by atoms with E-state index in [9.17, 15) is 9.18 Å². The number of anilines is 2. The molecule has 0 saturated carbocycles. The SMILES string of the molecule is O=C(CC1CNc2ccccc21)Nc1ccc(F)cc1. The fraction of sp³-hybridized carbons (Fsp3) is 0.188. The third-order valence-corrected chi connectivity index (χ3v) is 3.50. The number of halogens is 1. The van der Waals surface area contributed by atoms with Crippen molar-refractivity contribution in [3.63, 3.8) is 0 Å². The Balaban J connectivity index is 1.64. The Labute approximate surface area is 116 Å². The number of hydrogen-bond acceptors (Lipinski definition) is 2. The second-order valence-corrected chi connectivity index (χ2v) is 4.92. The van der Waals surface area contributed by atoms with Crippen molar-refractivity contribution >= 4 is 17.3 Å². The second kappa shape index (κ2) is 5.33. The highest BCUT2D eigenvalue weighted by Crippen LogP contribution is 2.33. The van der Waals surface area contributed by atoms with Crippen molar-refractivity contribution in [2.24, 2.45) is 0 Å². The van der Waals surface area contributed by atoms with Gasteiger partial charge in [0.25, 0.3) is 0 Å². The van der Waals surface area contributed by atoms with E-state index in [1.165, 1.54) is 17.7 Å². The van der Waals surface area contributed by atoms with Crippen LogP contribution >= 0.6 is 0 Å². The summed E-state index contributed by atoms with van der Waals surface area (Å²) < 4.78 is 12.8. The lowest BCUT2D eigenvalue weighted by atomic mass is 9.97. The Bertz CT molecular complexity index is 625. The van der Waals surface area contributed by atoms with E-state index in [-0.39, 0.29) is 17.6 Å². The Morgan fingerprint density at radius 3 is 2.75 bits per heavy atom. The van der Waals surface area contributed by atoms with Gasteiger partial charge in [0.1, 0.15) is 5.82 Å². The predicted octanol–water partition coefficient (Wildman–Crippen LogP) is 3.36. The van der Waals surface area contributed by atoms with Crippen LogP contribution in [0.1, 0.15) is 17.9 Å². The molecule has 3 rings (SSSR count). The summed E-state index contributed by atoms with van der Waals surface area (Å²) in [5.41, 5.74) is 2.91. The van der Waals surface area contributed by atoms with E-state index in [0.29, 0.717) is 12.1 Å². The summed E-state index contributed by atoms with van der Waals surface area (Å²) in [6.45, 7) is 0.774. The highest BCUT2D eigenvalue weighted by molar-refractivity contribution is 5.91. The first-order chi connectivity index (χ1) is 9.72. The van der Waals surface area contributed by atoms with Crippen LogP contribution < -0.4 is 10.6 Å². The Kier molecular flexibility index (Phi) is 3.37. The first-order valence-corrected chi connectivity index (χ1v) is 6.60. The number of benzene rings is 2. The van der Waals surface area contributed by atoms with Crippen LogP contribution in [0.15, 0.2) is 48.5 Å². The van der Waals surface area contributed by atoms with Crippen molar-refractivity contribution < 1.29 is 9.18 Å². The third kappa shape index (κ3) is 2.64. The van der Waals surface area contributed by atoms with Gasteiger partial charge in [0.2, 0.25) is 5.91 Å². The largest absolute Gasteiger partial charge is 0.384 e. The molecule has 1 unspecified atom stereocenters. The lowest BCUT2D eigenvalue weighted by molar-refractivity contribution is -0.116. The van der Waals surface area contributed by atoms with Crippen molar-refractivity contribution in [3.8, 4) is 0 Å². The van der Waals surface area contributed by atoms with Gasteiger partial charge in [0.05, 0.1) is 0 Å². The first kappa shape index (κ1) is 12.7. The van der Waals surface area contributed by atoms with Crippen LogP contribution in [-0.4, -0.2) is 12.5 Å². The molecule has 0 fully saturated rings. The van der Waals surface area contributed by atoms with Crippen molar-refractivity contribution in [3.05, 3.63) is 59.9 Å². The van der Waals surface area contributed by atoms with Crippen LogP contribution in [0.2, 0.25) is 0 Å². The van der Waals surface area contributed by atoms with Crippen LogP contribution in [0.4, 0.5) is 15.8 Å². The van der Waals surface area contributed by atoms with E-state index in [1.807, 2.05) is 24.3 Å². The molecule has 0 aliphatic carbocycles. The van der Waals surface area contributed by atoms with Crippen LogP contribution in [0.3, 0.4) is 0 Å². The van der Waals surface area contributed by atoms with Crippen LogP contribution in [0, 0.1) is 5.82 Å². The minimum absolute atomic E-state index is 0.0555. The molecule has 2 aromatic carbocycles. The summed E-state index contributed by atoms with van der Waals surface area (Å²) in [5.74, 6) is -0.177. The summed E-state index contributed by atoms with van der Waals surface area (Å²) in [5, 5.41) is 6.09. The highest BCUT2D eigenvalue weighted by Gasteiger charge is 2.23. The number of rotatable bonds is 3. The first-order valence-electron chi connectivity index (χ1n) is 6.60. The van der Waals surface area contributed by atoms with E-state index < -0.39 is 0 Å². The lowest BCUT2D eigenvalue weighted by Gasteiger charge is -2.10. The van der Waals surface area contributed by atoms with Gasteiger partial charge in [-0.15, -0.1) is 0 Å². The molecule has 1 aliphatic heterocycles. The topological polar surface area (TPSA) is 41.1 Å². The van der Waals surface area contributed by atoms with Crippen LogP contribution in [-0.2, 0) is 4.79 Å². The van der Waals surface area contributed by atoms with Gasteiger partial charge < -0.3 is 10.6 Å².